The standard InChI is InChI=1S/C7H10N2O2/c1-7(2-3-7)9-4-5(10)8-6(9)11/h2-4H2,1H3,(H,8,10,11). The van der Waals surface area contributed by atoms with Crippen molar-refractivity contribution < 1.29 is 9.59 Å². The summed E-state index contributed by atoms with van der Waals surface area (Å²) in [5.41, 5.74) is -0.0176. The number of nitrogens with zero attached hydrogens (tertiary/aromatic N) is 1. The van der Waals surface area contributed by atoms with Gasteiger partial charge in [-0.1, -0.05) is 0 Å². The Kier molecular flexibility index (Phi) is 1.06. The molecule has 3 amide bonds. The molecule has 0 unspecified atom stereocenters. The summed E-state index contributed by atoms with van der Waals surface area (Å²) in [5.74, 6) is -0.178. The lowest BCUT2D eigenvalue weighted by molar-refractivity contribution is -0.118. The van der Waals surface area contributed by atoms with Crippen molar-refractivity contribution in [2.45, 2.75) is 25.3 Å². The summed E-state index contributed by atoms with van der Waals surface area (Å²) in [4.78, 5) is 23.5. The van der Waals surface area contributed by atoms with Gasteiger partial charge < -0.3 is 4.90 Å². The summed E-state index contributed by atoms with van der Waals surface area (Å²) >= 11 is 0. The van der Waals surface area contributed by atoms with E-state index in [2.05, 4.69) is 5.32 Å². The van der Waals surface area contributed by atoms with Crippen molar-refractivity contribution in [2.75, 3.05) is 6.54 Å². The van der Waals surface area contributed by atoms with Crippen LogP contribution >= 0.6 is 0 Å². The fourth-order valence-electron chi connectivity index (χ4n) is 1.33. The fraction of sp³-hybridized carbons (Fsp3) is 0.714. The van der Waals surface area contributed by atoms with Crippen molar-refractivity contribution in [3.05, 3.63) is 0 Å². The molecule has 0 atom stereocenters. The maximum atomic E-state index is 11.1. The molecule has 60 valence electrons. The van der Waals surface area contributed by atoms with Gasteiger partial charge in [0, 0.05) is 5.54 Å². The highest BCUT2D eigenvalue weighted by molar-refractivity contribution is 6.02. The number of nitrogens with one attached hydrogen (secondary N) is 1. The number of amides is 3. The van der Waals surface area contributed by atoms with Crippen LogP contribution in [-0.4, -0.2) is 28.9 Å². The summed E-state index contributed by atoms with van der Waals surface area (Å²) in [6.07, 6.45) is 2.04. The number of urea groups is 1. The van der Waals surface area contributed by atoms with Crippen LogP contribution < -0.4 is 5.32 Å². The van der Waals surface area contributed by atoms with Crippen LogP contribution in [0.1, 0.15) is 19.8 Å². The van der Waals surface area contributed by atoms with Crippen molar-refractivity contribution in [3.8, 4) is 0 Å². The Labute approximate surface area is 64.5 Å². The monoisotopic (exact) mass is 154 g/mol. The van der Waals surface area contributed by atoms with Gasteiger partial charge >= 0.3 is 6.03 Å². The van der Waals surface area contributed by atoms with E-state index < -0.39 is 0 Å². The first-order valence-corrected chi connectivity index (χ1v) is 3.73. The second kappa shape index (κ2) is 1.75. The van der Waals surface area contributed by atoms with Gasteiger partial charge in [-0.2, -0.15) is 0 Å². The first kappa shape index (κ1) is 6.64. The third-order valence-electron chi connectivity index (χ3n) is 2.42. The molecule has 11 heavy (non-hydrogen) atoms. The van der Waals surface area contributed by atoms with Crippen LogP contribution in [0.15, 0.2) is 0 Å². The molecule has 0 aromatic carbocycles. The molecule has 0 aromatic rings. The topological polar surface area (TPSA) is 49.4 Å². The second-order valence-corrected chi connectivity index (χ2v) is 3.44. The van der Waals surface area contributed by atoms with E-state index in [9.17, 15) is 9.59 Å². The van der Waals surface area contributed by atoms with Crippen LogP contribution in [0.5, 0.6) is 0 Å². The number of carbonyl (C=O) groups excluding carboxylic acids is 2. The molecule has 2 rings (SSSR count). The predicted molar refractivity (Wildman–Crippen MR) is 37.9 cm³/mol. The molecule has 4 heteroatoms. The molecule has 2 aliphatic rings. The highest BCUT2D eigenvalue weighted by atomic mass is 16.2. The largest absolute Gasteiger partial charge is 0.325 e. The predicted octanol–water partition coefficient (Wildman–Crippen LogP) is 0.0907. The molecule has 0 spiro atoms. The maximum absolute atomic E-state index is 11.1. The third-order valence-corrected chi connectivity index (χ3v) is 2.42. The molecule has 1 N–H and O–H groups in total. The molecule has 0 aromatic heterocycles. The van der Waals surface area contributed by atoms with Crippen molar-refractivity contribution >= 4 is 11.9 Å². The van der Waals surface area contributed by atoms with Crippen molar-refractivity contribution in [1.82, 2.24) is 10.2 Å². The molecule has 0 bridgehead atoms. The van der Waals surface area contributed by atoms with Gasteiger partial charge in [-0.15, -0.1) is 0 Å². The van der Waals surface area contributed by atoms with E-state index in [1.807, 2.05) is 6.92 Å². The minimum absolute atomic E-state index is 0.0176. The van der Waals surface area contributed by atoms with Crippen LogP contribution in [0.2, 0.25) is 0 Å². The number of hydrogen-bond donors (Lipinski definition) is 1. The van der Waals surface area contributed by atoms with Crippen molar-refractivity contribution in [1.29, 1.82) is 0 Å². The zero-order valence-corrected chi connectivity index (χ0v) is 6.39. The van der Waals surface area contributed by atoms with E-state index in [-0.39, 0.29) is 24.0 Å². The number of carbonyl (C=O) groups is 2. The number of imide groups is 1. The van der Waals surface area contributed by atoms with Gasteiger partial charge in [0.15, 0.2) is 0 Å². The van der Waals surface area contributed by atoms with Gasteiger partial charge in [0.05, 0.1) is 0 Å². The zero-order chi connectivity index (χ0) is 8.06. The smallest absolute Gasteiger partial charge is 0.310 e. The van der Waals surface area contributed by atoms with Crippen molar-refractivity contribution in [2.24, 2.45) is 0 Å². The Bertz CT molecular complexity index is 233. The minimum Gasteiger partial charge on any atom is -0.310 e. The van der Waals surface area contributed by atoms with Gasteiger partial charge in [0.1, 0.15) is 6.54 Å². The lowest BCUT2D eigenvalue weighted by atomic mass is 10.3. The number of rotatable bonds is 1. The average molecular weight is 154 g/mol. The van der Waals surface area contributed by atoms with Crippen LogP contribution in [0.3, 0.4) is 0 Å². The van der Waals surface area contributed by atoms with Gasteiger partial charge in [0.2, 0.25) is 5.91 Å². The first-order valence-electron chi connectivity index (χ1n) is 3.73. The fourth-order valence-corrected chi connectivity index (χ4v) is 1.33. The van der Waals surface area contributed by atoms with E-state index in [1.54, 1.807) is 4.90 Å². The molecule has 2 fully saturated rings. The summed E-state index contributed by atoms with van der Waals surface area (Å²) in [6.45, 7) is 2.25. The molecule has 1 saturated heterocycles. The average Bonchev–Trinajstić information content (AvgIpc) is 2.55. The van der Waals surface area contributed by atoms with Crippen LogP contribution in [0, 0.1) is 0 Å². The third kappa shape index (κ3) is 0.895. The van der Waals surface area contributed by atoms with Crippen LogP contribution in [-0.2, 0) is 4.79 Å². The van der Waals surface area contributed by atoms with Crippen LogP contribution in [0.25, 0.3) is 0 Å². The molecule has 1 aliphatic carbocycles. The van der Waals surface area contributed by atoms with E-state index >= 15 is 0 Å². The van der Waals surface area contributed by atoms with Gasteiger partial charge in [0.25, 0.3) is 0 Å². The SMILES string of the molecule is CC1(N2CC(=O)NC2=O)CC1. The van der Waals surface area contributed by atoms with E-state index in [1.165, 1.54) is 0 Å². The second-order valence-electron chi connectivity index (χ2n) is 3.44. The van der Waals surface area contributed by atoms with Crippen molar-refractivity contribution in [3.63, 3.8) is 0 Å². The maximum Gasteiger partial charge on any atom is 0.325 e. The summed E-state index contributed by atoms with van der Waals surface area (Å²) in [5, 5.41) is 2.26. The van der Waals surface area contributed by atoms with Gasteiger partial charge in [-0.25, -0.2) is 4.79 Å². The van der Waals surface area contributed by atoms with E-state index in [0.29, 0.717) is 0 Å². The molecular formula is C7H10N2O2. The Balaban J connectivity index is 2.15. The lowest BCUT2D eigenvalue weighted by Gasteiger charge is -2.20. The molecule has 1 aliphatic heterocycles. The summed E-state index contributed by atoms with van der Waals surface area (Å²) in [6, 6.07) is -0.227. The van der Waals surface area contributed by atoms with Gasteiger partial charge in [-0.3, -0.25) is 10.1 Å². The Morgan fingerprint density at radius 3 is 2.45 bits per heavy atom. The number of hydrogen-bond acceptors (Lipinski definition) is 2. The Morgan fingerprint density at radius 1 is 1.45 bits per heavy atom. The molecule has 4 nitrogen and oxygen atoms in total. The van der Waals surface area contributed by atoms with E-state index in [4.69, 9.17) is 0 Å². The molecule has 1 heterocycles. The highest BCUT2D eigenvalue weighted by Crippen LogP contribution is 2.41. The molecule has 0 radical (unpaired) electrons. The Hall–Kier alpha value is -1.06. The normalized spacial score (nSPS) is 27.2. The van der Waals surface area contributed by atoms with Gasteiger partial charge in [-0.05, 0) is 19.8 Å². The van der Waals surface area contributed by atoms with E-state index in [0.717, 1.165) is 12.8 Å². The molecular weight excluding hydrogens is 144 g/mol. The minimum atomic E-state index is -0.227. The summed E-state index contributed by atoms with van der Waals surface area (Å²) < 4.78 is 0. The Morgan fingerprint density at radius 2 is 2.09 bits per heavy atom. The first-order chi connectivity index (χ1) is 5.12. The quantitative estimate of drug-likeness (QED) is 0.544. The molecule has 1 saturated carbocycles. The summed E-state index contributed by atoms with van der Waals surface area (Å²) in [7, 11) is 0. The highest BCUT2D eigenvalue weighted by Gasteiger charge is 2.49. The zero-order valence-electron chi connectivity index (χ0n) is 6.39. The lowest BCUT2D eigenvalue weighted by Crippen LogP contribution is -2.37. The van der Waals surface area contributed by atoms with Crippen LogP contribution in [0.4, 0.5) is 4.79 Å².